The summed E-state index contributed by atoms with van der Waals surface area (Å²) in [5, 5.41) is 16.2. The third kappa shape index (κ3) is 6.57. The number of benzene rings is 2. The lowest BCUT2D eigenvalue weighted by atomic mass is 9.53. The number of urea groups is 1. The SMILES string of the molecule is C[C@H]1[C@@H](CN2CC3(C)CC2CC(C)(C)C3)O[C@@H](c2ccc(CNC(=O)NC34CC5CC(CC(C5)C3)C4)cc2)O[C@H]1c1ccc(CO)cc1. The van der Waals surface area contributed by atoms with E-state index in [2.05, 4.69) is 79.6 Å². The zero-order valence-corrected chi connectivity index (χ0v) is 29.5. The molecule has 2 amide bonds. The lowest BCUT2D eigenvalue weighted by molar-refractivity contribution is -0.276. The fraction of sp³-hybridized carbons (Fsp3) is 0.683. The zero-order chi connectivity index (χ0) is 33.3. The topological polar surface area (TPSA) is 83.1 Å². The minimum absolute atomic E-state index is 0.0165. The average molecular weight is 656 g/mol. The Hall–Kier alpha value is -2.45. The van der Waals surface area contributed by atoms with E-state index in [1.807, 2.05) is 12.1 Å². The number of rotatable bonds is 8. The Labute approximate surface area is 287 Å². The molecule has 7 aliphatic rings. The molecule has 0 spiro atoms. The van der Waals surface area contributed by atoms with E-state index in [-0.39, 0.29) is 36.3 Å². The van der Waals surface area contributed by atoms with Crippen LogP contribution in [0, 0.1) is 34.5 Å². The first kappa shape index (κ1) is 32.7. The van der Waals surface area contributed by atoms with Gasteiger partial charge in [0, 0.05) is 42.7 Å². The van der Waals surface area contributed by atoms with Gasteiger partial charge in [-0.3, -0.25) is 4.90 Å². The van der Waals surface area contributed by atoms with Crippen molar-refractivity contribution in [1.82, 2.24) is 15.5 Å². The highest BCUT2D eigenvalue weighted by Gasteiger charge is 2.52. The Morgan fingerprint density at radius 3 is 2.12 bits per heavy atom. The van der Waals surface area contributed by atoms with Gasteiger partial charge in [0.05, 0.1) is 18.8 Å². The molecule has 48 heavy (non-hydrogen) atoms. The summed E-state index contributed by atoms with van der Waals surface area (Å²) in [5.74, 6) is 2.58. The van der Waals surface area contributed by atoms with E-state index in [0.29, 0.717) is 23.4 Å². The number of aliphatic hydroxyl groups excluding tert-OH is 1. The normalized spacial score (nSPS) is 39.8. The fourth-order valence-electron chi connectivity index (χ4n) is 11.9. The molecule has 0 radical (unpaired) electrons. The van der Waals surface area contributed by atoms with Crippen molar-refractivity contribution in [3.05, 3.63) is 70.8 Å². The highest BCUT2D eigenvalue weighted by molar-refractivity contribution is 5.75. The Balaban J connectivity index is 0.946. The molecule has 7 fully saturated rings. The first-order valence-electron chi connectivity index (χ1n) is 18.9. The highest BCUT2D eigenvalue weighted by Crippen LogP contribution is 2.56. The summed E-state index contributed by atoms with van der Waals surface area (Å²) in [7, 11) is 0. The monoisotopic (exact) mass is 655 g/mol. The molecule has 7 nitrogen and oxygen atoms in total. The molecule has 9 rings (SSSR count). The number of amides is 2. The van der Waals surface area contributed by atoms with Gasteiger partial charge < -0.3 is 25.2 Å². The molecule has 5 aliphatic carbocycles. The number of likely N-dealkylation sites (tertiary alicyclic amines) is 1. The molecule has 2 saturated heterocycles. The van der Waals surface area contributed by atoms with E-state index in [0.717, 1.165) is 72.4 Å². The molecule has 6 bridgehead atoms. The van der Waals surface area contributed by atoms with Crippen LogP contribution in [0.5, 0.6) is 0 Å². The zero-order valence-electron chi connectivity index (χ0n) is 29.5. The number of nitrogens with zero attached hydrogens (tertiary/aromatic N) is 1. The Bertz CT molecular complexity index is 1440. The van der Waals surface area contributed by atoms with E-state index in [9.17, 15) is 9.90 Å². The predicted molar refractivity (Wildman–Crippen MR) is 187 cm³/mol. The van der Waals surface area contributed by atoms with Gasteiger partial charge in [-0.2, -0.15) is 0 Å². The molecule has 2 aromatic rings. The number of hydrogen-bond donors (Lipinski definition) is 3. The second-order valence-electron chi connectivity index (χ2n) is 18.2. The molecular formula is C41H57N3O4. The van der Waals surface area contributed by atoms with Crippen molar-refractivity contribution in [2.24, 2.45) is 34.5 Å². The van der Waals surface area contributed by atoms with E-state index < -0.39 is 6.29 Å². The smallest absolute Gasteiger partial charge is 0.315 e. The van der Waals surface area contributed by atoms with Crippen LogP contribution in [0.3, 0.4) is 0 Å². The number of carbonyl (C=O) groups is 1. The summed E-state index contributed by atoms with van der Waals surface area (Å²) < 4.78 is 13.6. The van der Waals surface area contributed by atoms with Crippen molar-refractivity contribution in [3.63, 3.8) is 0 Å². The Kier molecular flexibility index (Phi) is 8.46. The van der Waals surface area contributed by atoms with Crippen LogP contribution in [-0.2, 0) is 22.6 Å². The van der Waals surface area contributed by atoms with E-state index in [4.69, 9.17) is 9.47 Å². The molecule has 0 aromatic heterocycles. The van der Waals surface area contributed by atoms with Crippen LogP contribution >= 0.6 is 0 Å². The minimum Gasteiger partial charge on any atom is -0.392 e. The van der Waals surface area contributed by atoms with Crippen LogP contribution in [0.4, 0.5) is 4.79 Å². The molecule has 6 atom stereocenters. The van der Waals surface area contributed by atoms with Gasteiger partial charge in [0.1, 0.15) is 0 Å². The van der Waals surface area contributed by atoms with Crippen LogP contribution < -0.4 is 10.6 Å². The van der Waals surface area contributed by atoms with Gasteiger partial charge in [0.25, 0.3) is 0 Å². The van der Waals surface area contributed by atoms with Crippen molar-refractivity contribution >= 4 is 6.03 Å². The van der Waals surface area contributed by atoms with Crippen LogP contribution in [0.15, 0.2) is 48.5 Å². The first-order chi connectivity index (χ1) is 23.0. The number of fused-ring (bicyclic) bond motifs is 2. The highest BCUT2D eigenvalue weighted by atomic mass is 16.7. The van der Waals surface area contributed by atoms with E-state index >= 15 is 0 Å². The summed E-state index contributed by atoms with van der Waals surface area (Å²) >= 11 is 0. The van der Waals surface area contributed by atoms with Gasteiger partial charge in [-0.15, -0.1) is 0 Å². The minimum atomic E-state index is -0.482. The van der Waals surface area contributed by atoms with Crippen molar-refractivity contribution in [1.29, 1.82) is 0 Å². The van der Waals surface area contributed by atoms with Gasteiger partial charge in [-0.25, -0.2) is 4.79 Å². The van der Waals surface area contributed by atoms with Gasteiger partial charge in [0.15, 0.2) is 6.29 Å². The van der Waals surface area contributed by atoms with E-state index in [1.54, 1.807) is 0 Å². The second kappa shape index (κ2) is 12.4. The van der Waals surface area contributed by atoms with Crippen molar-refractivity contribution in [2.45, 2.75) is 129 Å². The summed E-state index contributed by atoms with van der Waals surface area (Å²) in [5.41, 5.74) is 4.86. The van der Waals surface area contributed by atoms with Crippen LogP contribution in [-0.4, -0.2) is 46.8 Å². The number of nitrogens with one attached hydrogen (secondary N) is 2. The average Bonchev–Trinajstić information content (AvgIpc) is 3.27. The standard InChI is InChI=1S/C41H57N3O4/c1-26-35(22-44-25-40(4)20-34(44)19-39(2,3)24-40)47-37(48-36(26)32-9-7-28(23-45)8-10-32)33-11-5-27(6-12-33)21-42-38(46)43-41-16-29-13-30(17-41)15-31(14-29)18-41/h5-12,26,29-31,34-37,45H,13-25H2,1-4H3,(H2,42,43,46)/t26-,29?,30?,31?,34?,35+,36+,37+,40?,41?/m0/s1. The molecule has 2 unspecified atom stereocenters. The van der Waals surface area contributed by atoms with Gasteiger partial charge in [-0.05, 0) is 103 Å². The van der Waals surface area contributed by atoms with Crippen LogP contribution in [0.25, 0.3) is 0 Å². The summed E-state index contributed by atoms with van der Waals surface area (Å²) in [4.78, 5) is 15.8. The molecule has 2 aromatic carbocycles. The third-order valence-corrected chi connectivity index (χ3v) is 13.2. The second-order valence-corrected chi connectivity index (χ2v) is 18.2. The van der Waals surface area contributed by atoms with Crippen LogP contribution in [0.2, 0.25) is 0 Å². The fourth-order valence-corrected chi connectivity index (χ4v) is 11.9. The maximum atomic E-state index is 13.1. The lowest BCUT2D eigenvalue weighted by Crippen LogP contribution is -2.61. The van der Waals surface area contributed by atoms with Gasteiger partial charge >= 0.3 is 6.03 Å². The number of ether oxygens (including phenoxy) is 2. The third-order valence-electron chi connectivity index (χ3n) is 13.2. The number of carbonyl (C=O) groups excluding carboxylic acids is 1. The summed E-state index contributed by atoms with van der Waals surface area (Å²) in [6.07, 6.45) is 10.8. The molecule has 3 N–H and O–H groups in total. The Morgan fingerprint density at radius 1 is 0.854 bits per heavy atom. The van der Waals surface area contributed by atoms with Crippen LogP contribution in [0.1, 0.15) is 120 Å². The number of aliphatic hydroxyl groups is 1. The maximum absolute atomic E-state index is 13.1. The van der Waals surface area contributed by atoms with Crippen molar-refractivity contribution in [2.75, 3.05) is 13.1 Å². The first-order valence-corrected chi connectivity index (χ1v) is 18.9. The van der Waals surface area contributed by atoms with Gasteiger partial charge in [-0.1, -0.05) is 76.2 Å². The molecule has 260 valence electrons. The van der Waals surface area contributed by atoms with Crippen molar-refractivity contribution in [3.8, 4) is 0 Å². The molecular weight excluding hydrogens is 598 g/mol. The Morgan fingerprint density at radius 2 is 1.48 bits per heavy atom. The molecule has 5 saturated carbocycles. The van der Waals surface area contributed by atoms with Gasteiger partial charge in [0.2, 0.25) is 0 Å². The summed E-state index contributed by atoms with van der Waals surface area (Å²) in [6, 6.07) is 17.2. The predicted octanol–water partition coefficient (Wildman–Crippen LogP) is 7.64. The van der Waals surface area contributed by atoms with Crippen molar-refractivity contribution < 1.29 is 19.4 Å². The maximum Gasteiger partial charge on any atom is 0.315 e. The molecule has 2 aliphatic heterocycles. The number of hydrogen-bond acceptors (Lipinski definition) is 5. The summed E-state index contributed by atoms with van der Waals surface area (Å²) in [6.45, 7) is 12.2. The lowest BCUT2D eigenvalue weighted by Gasteiger charge is -2.56. The largest absolute Gasteiger partial charge is 0.392 e. The van der Waals surface area contributed by atoms with E-state index in [1.165, 1.54) is 38.5 Å². The molecule has 7 heteroatoms. The molecule has 2 heterocycles. The quantitative estimate of drug-likeness (QED) is 0.272.